The monoisotopic (exact) mass is 417 g/mol. The predicted molar refractivity (Wildman–Crippen MR) is 114 cm³/mol. The molecule has 0 N–H and O–H groups in total. The highest BCUT2D eigenvalue weighted by atomic mass is 32.2. The molecule has 3 aromatic carbocycles. The lowest BCUT2D eigenvalue weighted by atomic mass is 10.1. The van der Waals surface area contributed by atoms with E-state index in [0.29, 0.717) is 16.0 Å². The summed E-state index contributed by atoms with van der Waals surface area (Å²) in [4.78, 5) is 37.3. The number of ether oxygens (including phenoxy) is 1. The van der Waals surface area contributed by atoms with E-state index in [1.807, 2.05) is 25.1 Å². The van der Waals surface area contributed by atoms with Crippen molar-refractivity contribution in [2.45, 2.75) is 11.8 Å². The van der Waals surface area contributed by atoms with Gasteiger partial charge in [0.25, 0.3) is 5.69 Å². The Labute approximate surface area is 176 Å². The fraction of sp³-hybridized carbons (Fsp3) is 0.0435. The number of Topliss-reactive ketones (excluding diaryl/α,β-unsaturated/α-hetero) is 1. The number of carbonyl (C=O) groups excluding carboxylic acids is 2. The molecule has 148 valence electrons. The number of nitro groups is 1. The number of rotatable bonds is 4. The van der Waals surface area contributed by atoms with Gasteiger partial charge in [-0.15, -0.1) is 0 Å². The molecule has 3 aromatic rings. The molecule has 0 unspecified atom stereocenters. The lowest BCUT2D eigenvalue weighted by molar-refractivity contribution is -0.385. The third-order valence-electron chi connectivity index (χ3n) is 4.55. The second kappa shape index (κ2) is 7.96. The van der Waals surface area contributed by atoms with Crippen molar-refractivity contribution in [1.29, 1.82) is 0 Å². The van der Waals surface area contributed by atoms with Crippen LogP contribution in [0.2, 0.25) is 0 Å². The lowest BCUT2D eigenvalue weighted by Gasteiger charge is -2.09. The lowest BCUT2D eigenvalue weighted by Crippen LogP contribution is -2.11. The summed E-state index contributed by atoms with van der Waals surface area (Å²) in [7, 11) is 0. The van der Waals surface area contributed by atoms with E-state index in [1.165, 1.54) is 36.0 Å². The number of nitro benzene ring substituents is 1. The van der Waals surface area contributed by atoms with Crippen molar-refractivity contribution in [3.8, 4) is 5.75 Å². The number of para-hydroxylation sites is 1. The Morgan fingerprint density at radius 1 is 1.07 bits per heavy atom. The number of nitrogens with zero attached hydrogens (tertiary/aromatic N) is 1. The van der Waals surface area contributed by atoms with Gasteiger partial charge in [0.1, 0.15) is 11.3 Å². The van der Waals surface area contributed by atoms with Crippen LogP contribution in [0.25, 0.3) is 6.08 Å². The fourth-order valence-corrected chi connectivity index (χ4v) is 4.15. The molecule has 0 atom stereocenters. The Hall–Kier alpha value is -3.71. The Morgan fingerprint density at radius 2 is 1.80 bits per heavy atom. The van der Waals surface area contributed by atoms with E-state index < -0.39 is 10.9 Å². The first-order valence-electron chi connectivity index (χ1n) is 9.03. The quantitative estimate of drug-likeness (QED) is 0.184. The largest absolute Gasteiger partial charge is 0.422 e. The predicted octanol–water partition coefficient (Wildman–Crippen LogP) is 5.45. The zero-order chi connectivity index (χ0) is 21.3. The number of allylic oxidation sites excluding steroid dienone is 1. The Balaban J connectivity index is 1.68. The number of hydrogen-bond acceptors (Lipinski definition) is 6. The van der Waals surface area contributed by atoms with Gasteiger partial charge in [-0.05, 0) is 43.3 Å². The summed E-state index contributed by atoms with van der Waals surface area (Å²) < 4.78 is 5.49. The average molecular weight is 417 g/mol. The summed E-state index contributed by atoms with van der Waals surface area (Å²) in [6, 6.07) is 18.1. The molecule has 1 aliphatic heterocycles. The minimum absolute atomic E-state index is 0.0897. The third-order valence-corrected chi connectivity index (χ3v) is 5.65. The molecule has 0 amide bonds. The van der Waals surface area contributed by atoms with Gasteiger partial charge in [-0.1, -0.05) is 47.7 Å². The number of esters is 1. The molecular weight excluding hydrogens is 402 g/mol. The van der Waals surface area contributed by atoms with E-state index in [-0.39, 0.29) is 22.8 Å². The zero-order valence-electron chi connectivity index (χ0n) is 15.8. The number of thioether (sulfide) groups is 1. The van der Waals surface area contributed by atoms with Crippen molar-refractivity contribution in [2.24, 2.45) is 0 Å². The molecule has 4 rings (SSSR count). The molecule has 0 aliphatic carbocycles. The summed E-state index contributed by atoms with van der Waals surface area (Å²) in [6.07, 6.45) is 1.68. The van der Waals surface area contributed by atoms with Crippen LogP contribution in [0.3, 0.4) is 0 Å². The highest BCUT2D eigenvalue weighted by Gasteiger charge is 2.26. The van der Waals surface area contributed by atoms with Crippen molar-refractivity contribution in [2.75, 3.05) is 0 Å². The van der Waals surface area contributed by atoms with E-state index in [9.17, 15) is 19.7 Å². The second-order valence-corrected chi connectivity index (χ2v) is 7.72. The highest BCUT2D eigenvalue weighted by molar-refractivity contribution is 8.04. The number of fused-ring (bicyclic) bond motifs is 1. The highest BCUT2D eigenvalue weighted by Crippen LogP contribution is 2.41. The Morgan fingerprint density at radius 3 is 2.57 bits per heavy atom. The SMILES string of the molecule is Cc1ccc(OC(=O)c2ccccc2[N+](=O)[O-])c(/C=C2\Sc3ccccc3C2=O)c1. The molecule has 0 radical (unpaired) electrons. The smallest absolute Gasteiger partial charge is 0.350 e. The van der Waals surface area contributed by atoms with E-state index in [0.717, 1.165) is 10.5 Å². The summed E-state index contributed by atoms with van der Waals surface area (Å²) in [6.45, 7) is 1.88. The van der Waals surface area contributed by atoms with Crippen molar-refractivity contribution < 1.29 is 19.2 Å². The molecular formula is C23H15NO5S. The Bertz CT molecular complexity index is 1230. The van der Waals surface area contributed by atoms with Crippen LogP contribution in [-0.4, -0.2) is 16.7 Å². The first-order valence-corrected chi connectivity index (χ1v) is 9.85. The van der Waals surface area contributed by atoms with Crippen LogP contribution in [0.4, 0.5) is 5.69 Å². The van der Waals surface area contributed by atoms with E-state index in [2.05, 4.69) is 0 Å². The molecule has 0 aromatic heterocycles. The summed E-state index contributed by atoms with van der Waals surface area (Å²) in [5.74, 6) is -0.701. The number of hydrogen-bond donors (Lipinski definition) is 0. The normalized spacial score (nSPS) is 13.9. The van der Waals surface area contributed by atoms with Crippen molar-refractivity contribution in [3.63, 3.8) is 0 Å². The molecule has 0 saturated heterocycles. The van der Waals surface area contributed by atoms with Gasteiger partial charge in [0.05, 0.1) is 9.83 Å². The van der Waals surface area contributed by atoms with Gasteiger partial charge in [-0.2, -0.15) is 0 Å². The van der Waals surface area contributed by atoms with Gasteiger partial charge in [0.2, 0.25) is 5.78 Å². The molecule has 6 nitrogen and oxygen atoms in total. The molecule has 0 bridgehead atoms. The minimum atomic E-state index is -0.834. The maximum absolute atomic E-state index is 12.7. The van der Waals surface area contributed by atoms with Crippen molar-refractivity contribution >= 4 is 35.3 Å². The maximum Gasteiger partial charge on any atom is 0.350 e. The molecule has 7 heteroatoms. The topological polar surface area (TPSA) is 86.5 Å². The third kappa shape index (κ3) is 3.75. The maximum atomic E-state index is 12.7. The van der Waals surface area contributed by atoms with Crippen molar-refractivity contribution in [1.82, 2.24) is 0 Å². The van der Waals surface area contributed by atoms with Crippen LogP contribution >= 0.6 is 11.8 Å². The van der Waals surface area contributed by atoms with Crippen LogP contribution < -0.4 is 4.74 Å². The standard InChI is InChI=1S/C23H15NO5S/c1-14-10-11-19(29-23(26)16-6-2-4-8-18(16)24(27)28)15(12-14)13-21-22(25)17-7-3-5-9-20(17)30-21/h2-13H,1H3/b21-13-. The summed E-state index contributed by atoms with van der Waals surface area (Å²) >= 11 is 1.36. The van der Waals surface area contributed by atoms with Gasteiger partial charge in [0.15, 0.2) is 0 Å². The number of ketones is 1. The van der Waals surface area contributed by atoms with Crippen LogP contribution in [0.1, 0.15) is 31.8 Å². The van der Waals surface area contributed by atoms with Crippen LogP contribution in [-0.2, 0) is 0 Å². The summed E-state index contributed by atoms with van der Waals surface area (Å²) in [5, 5.41) is 11.2. The molecule has 0 saturated carbocycles. The van der Waals surface area contributed by atoms with Crippen molar-refractivity contribution in [3.05, 3.63) is 104 Å². The number of aryl methyl sites for hydroxylation is 1. The minimum Gasteiger partial charge on any atom is -0.422 e. The first-order chi connectivity index (χ1) is 14.4. The fourth-order valence-electron chi connectivity index (χ4n) is 3.11. The number of benzene rings is 3. The van der Waals surface area contributed by atoms with Crippen LogP contribution in [0.5, 0.6) is 5.75 Å². The summed E-state index contributed by atoms with van der Waals surface area (Å²) in [5.41, 5.74) is 1.64. The molecule has 0 spiro atoms. The molecule has 1 heterocycles. The van der Waals surface area contributed by atoms with Crippen LogP contribution in [0.15, 0.2) is 76.5 Å². The number of carbonyl (C=O) groups is 2. The van der Waals surface area contributed by atoms with Gasteiger partial charge in [0, 0.05) is 22.1 Å². The van der Waals surface area contributed by atoms with Crippen LogP contribution in [0, 0.1) is 17.0 Å². The van der Waals surface area contributed by atoms with Gasteiger partial charge in [-0.3, -0.25) is 14.9 Å². The second-order valence-electron chi connectivity index (χ2n) is 6.64. The van der Waals surface area contributed by atoms with E-state index in [1.54, 1.807) is 30.3 Å². The molecule has 30 heavy (non-hydrogen) atoms. The van der Waals surface area contributed by atoms with Gasteiger partial charge in [-0.25, -0.2) is 4.79 Å². The van der Waals surface area contributed by atoms with E-state index >= 15 is 0 Å². The van der Waals surface area contributed by atoms with E-state index in [4.69, 9.17) is 4.74 Å². The Kier molecular flexibility index (Phi) is 5.20. The zero-order valence-corrected chi connectivity index (χ0v) is 16.6. The average Bonchev–Trinajstić information content (AvgIpc) is 3.05. The first kappa shape index (κ1) is 19.6. The molecule has 0 fully saturated rings. The van der Waals surface area contributed by atoms with Gasteiger partial charge >= 0.3 is 5.97 Å². The molecule has 1 aliphatic rings. The van der Waals surface area contributed by atoms with Gasteiger partial charge < -0.3 is 4.74 Å².